The molecule has 2 aromatic carbocycles. The van der Waals surface area contributed by atoms with Crippen LogP contribution in [0.2, 0.25) is 0 Å². The minimum absolute atomic E-state index is 0.00896. The number of carbonyl (C=O) groups excluding carboxylic acids is 1. The van der Waals surface area contributed by atoms with Crippen molar-refractivity contribution in [2.45, 2.75) is 62.7 Å². The number of hydrogen-bond donors (Lipinski definition) is 2. The number of para-hydroxylation sites is 1. The van der Waals surface area contributed by atoms with Gasteiger partial charge < -0.3 is 24.6 Å². The minimum atomic E-state index is -0.851. The van der Waals surface area contributed by atoms with E-state index in [2.05, 4.69) is 0 Å². The lowest BCUT2D eigenvalue weighted by molar-refractivity contribution is -0.179. The Bertz CT molecular complexity index is 1100. The Hall–Kier alpha value is -3.06. The van der Waals surface area contributed by atoms with Gasteiger partial charge in [0.1, 0.15) is 17.1 Å². The van der Waals surface area contributed by atoms with Gasteiger partial charge in [0.25, 0.3) is 0 Å². The monoisotopic (exact) mass is 465 g/mol. The molecule has 3 aliphatic heterocycles. The van der Waals surface area contributed by atoms with Gasteiger partial charge in [-0.05, 0) is 56.4 Å². The third kappa shape index (κ3) is 4.02. The van der Waals surface area contributed by atoms with E-state index in [0.29, 0.717) is 26.0 Å². The molecular formula is C27H31NO6. The lowest BCUT2D eigenvalue weighted by Gasteiger charge is -2.54. The van der Waals surface area contributed by atoms with E-state index in [9.17, 15) is 19.8 Å². The number of ether oxygens (including phenoxy) is 2. The second kappa shape index (κ2) is 8.62. The molecule has 4 atom stereocenters. The highest BCUT2D eigenvalue weighted by molar-refractivity contribution is 5.80. The van der Waals surface area contributed by atoms with Crippen LogP contribution in [0.15, 0.2) is 48.5 Å². The highest BCUT2D eigenvalue weighted by Gasteiger charge is 2.57. The molecule has 0 unspecified atom stereocenters. The highest BCUT2D eigenvalue weighted by atomic mass is 16.5. The highest BCUT2D eigenvalue weighted by Crippen LogP contribution is 2.55. The normalized spacial score (nSPS) is 29.9. The van der Waals surface area contributed by atoms with Crippen molar-refractivity contribution in [3.05, 3.63) is 59.7 Å². The van der Waals surface area contributed by atoms with E-state index in [-0.39, 0.29) is 36.5 Å². The van der Waals surface area contributed by atoms with Crippen LogP contribution >= 0.6 is 0 Å². The number of benzene rings is 2. The first-order valence-corrected chi connectivity index (χ1v) is 12.0. The molecule has 7 heteroatoms. The van der Waals surface area contributed by atoms with E-state index in [0.717, 1.165) is 29.7 Å². The fourth-order valence-corrected chi connectivity index (χ4v) is 6.13. The molecule has 2 fully saturated rings. The zero-order valence-corrected chi connectivity index (χ0v) is 19.4. The summed E-state index contributed by atoms with van der Waals surface area (Å²) in [6, 6.07) is 14.6. The minimum Gasteiger partial charge on any atom is -0.508 e. The SMILES string of the molecule is C[C@@]1(CCC(=O)O)Oc2ccccc2[C@@H]2OC[C@]3(CCCN3C(=O)Cc3cccc(O)c3)C[C@H]21. The van der Waals surface area contributed by atoms with Crippen LogP contribution in [0.5, 0.6) is 11.5 Å². The number of carbonyl (C=O) groups is 2. The molecule has 0 aliphatic carbocycles. The predicted octanol–water partition coefficient (Wildman–Crippen LogP) is 4.09. The molecule has 0 aromatic heterocycles. The molecule has 2 N–H and O–H groups in total. The third-order valence-electron chi connectivity index (χ3n) is 7.85. The summed E-state index contributed by atoms with van der Waals surface area (Å²) in [6.07, 6.45) is 2.85. The van der Waals surface area contributed by atoms with Gasteiger partial charge in [-0.2, -0.15) is 0 Å². The van der Waals surface area contributed by atoms with Gasteiger partial charge in [0.2, 0.25) is 5.91 Å². The molecule has 0 radical (unpaired) electrons. The Morgan fingerprint density at radius 3 is 2.79 bits per heavy atom. The number of hydrogen-bond acceptors (Lipinski definition) is 5. The second-order valence-corrected chi connectivity index (χ2v) is 10.1. The third-order valence-corrected chi connectivity index (χ3v) is 7.85. The van der Waals surface area contributed by atoms with Gasteiger partial charge in [-0.3, -0.25) is 9.59 Å². The van der Waals surface area contributed by atoms with Crippen molar-refractivity contribution in [2.24, 2.45) is 5.92 Å². The lowest BCUT2D eigenvalue weighted by atomic mass is 9.68. The Balaban J connectivity index is 1.43. The number of amides is 1. The topological polar surface area (TPSA) is 96.3 Å². The van der Waals surface area contributed by atoms with Crippen LogP contribution in [-0.2, 0) is 20.7 Å². The summed E-state index contributed by atoms with van der Waals surface area (Å²) < 4.78 is 13.0. The average molecular weight is 466 g/mol. The molecule has 2 saturated heterocycles. The number of carboxylic acid groups (broad SMARTS) is 1. The Morgan fingerprint density at radius 2 is 2.00 bits per heavy atom. The van der Waals surface area contributed by atoms with Gasteiger partial charge in [-0.25, -0.2) is 0 Å². The fourth-order valence-electron chi connectivity index (χ4n) is 6.13. The van der Waals surface area contributed by atoms with Crippen molar-refractivity contribution >= 4 is 11.9 Å². The number of phenols is 1. The zero-order chi connectivity index (χ0) is 23.9. The predicted molar refractivity (Wildman–Crippen MR) is 125 cm³/mol. The van der Waals surface area contributed by atoms with Crippen LogP contribution in [0, 0.1) is 5.92 Å². The van der Waals surface area contributed by atoms with Crippen molar-refractivity contribution < 1.29 is 29.3 Å². The first-order valence-electron chi connectivity index (χ1n) is 12.0. The summed E-state index contributed by atoms with van der Waals surface area (Å²) in [5.41, 5.74) is 0.622. The van der Waals surface area contributed by atoms with Gasteiger partial charge in [-0.15, -0.1) is 0 Å². The van der Waals surface area contributed by atoms with E-state index in [4.69, 9.17) is 9.47 Å². The number of fused-ring (bicyclic) bond motifs is 3. The largest absolute Gasteiger partial charge is 0.508 e. The molecule has 3 heterocycles. The van der Waals surface area contributed by atoms with Gasteiger partial charge in [0.05, 0.1) is 24.7 Å². The standard InChI is InChI=1S/C27H31NO6/c1-26(12-10-24(31)32)21-16-27(17-33-25(21)20-8-2-3-9-22(20)34-26)11-5-13-28(27)23(30)15-18-6-4-7-19(29)14-18/h2-4,6-9,14,21,25,29H,5,10-13,15-17H2,1H3,(H,31,32)/t21-,25+,26+,27+/m1/s1. The van der Waals surface area contributed by atoms with Gasteiger partial charge in [0, 0.05) is 24.4 Å². The van der Waals surface area contributed by atoms with Gasteiger partial charge >= 0.3 is 5.97 Å². The summed E-state index contributed by atoms with van der Waals surface area (Å²) in [4.78, 5) is 26.8. The summed E-state index contributed by atoms with van der Waals surface area (Å²) in [6.45, 7) is 3.10. The first-order chi connectivity index (χ1) is 16.3. The maximum atomic E-state index is 13.4. The summed E-state index contributed by atoms with van der Waals surface area (Å²) in [7, 11) is 0. The van der Waals surface area contributed by atoms with Crippen molar-refractivity contribution in [1.82, 2.24) is 4.90 Å². The van der Waals surface area contributed by atoms with E-state index in [1.807, 2.05) is 42.2 Å². The smallest absolute Gasteiger partial charge is 0.303 e. The van der Waals surface area contributed by atoms with Crippen molar-refractivity contribution in [1.29, 1.82) is 0 Å². The number of likely N-dealkylation sites (tertiary alicyclic amines) is 1. The van der Waals surface area contributed by atoms with E-state index in [1.165, 1.54) is 0 Å². The van der Waals surface area contributed by atoms with Crippen molar-refractivity contribution in [3.63, 3.8) is 0 Å². The zero-order valence-electron chi connectivity index (χ0n) is 19.4. The Labute approximate surface area is 199 Å². The van der Waals surface area contributed by atoms with Crippen LogP contribution in [0.3, 0.4) is 0 Å². The molecule has 0 saturated carbocycles. The quantitative estimate of drug-likeness (QED) is 0.691. The van der Waals surface area contributed by atoms with Crippen molar-refractivity contribution in [3.8, 4) is 11.5 Å². The first kappa shape index (κ1) is 22.7. The molecule has 180 valence electrons. The molecule has 7 nitrogen and oxygen atoms in total. The molecule has 5 rings (SSSR count). The maximum Gasteiger partial charge on any atom is 0.303 e. The van der Waals surface area contributed by atoms with Crippen LogP contribution < -0.4 is 4.74 Å². The number of aliphatic carboxylic acids is 1. The average Bonchev–Trinajstić information content (AvgIpc) is 3.21. The van der Waals surface area contributed by atoms with Crippen molar-refractivity contribution in [2.75, 3.05) is 13.2 Å². The molecule has 2 aromatic rings. The van der Waals surface area contributed by atoms with E-state index >= 15 is 0 Å². The van der Waals surface area contributed by atoms with Crippen LogP contribution in [0.4, 0.5) is 0 Å². The van der Waals surface area contributed by atoms with Crippen LogP contribution in [-0.4, -0.2) is 51.3 Å². The molecule has 3 aliphatic rings. The summed E-state index contributed by atoms with van der Waals surface area (Å²) >= 11 is 0. The summed E-state index contributed by atoms with van der Waals surface area (Å²) in [5.74, 6) is -0.0111. The lowest BCUT2D eigenvalue weighted by Crippen LogP contribution is -2.60. The molecule has 1 spiro atoms. The van der Waals surface area contributed by atoms with E-state index < -0.39 is 17.1 Å². The molecule has 1 amide bonds. The van der Waals surface area contributed by atoms with Gasteiger partial charge in [0.15, 0.2) is 0 Å². The van der Waals surface area contributed by atoms with Crippen LogP contribution in [0.1, 0.15) is 56.3 Å². The Kier molecular flexibility index (Phi) is 5.76. The fraction of sp³-hybridized carbons (Fsp3) is 0.481. The van der Waals surface area contributed by atoms with Crippen LogP contribution in [0.25, 0.3) is 0 Å². The molecule has 34 heavy (non-hydrogen) atoms. The molecular weight excluding hydrogens is 434 g/mol. The number of phenolic OH excluding ortho intramolecular Hbond substituents is 1. The van der Waals surface area contributed by atoms with Gasteiger partial charge in [-0.1, -0.05) is 30.3 Å². The number of nitrogens with zero attached hydrogens (tertiary/aromatic N) is 1. The number of rotatable bonds is 5. The molecule has 0 bridgehead atoms. The second-order valence-electron chi connectivity index (χ2n) is 10.1. The Morgan fingerprint density at radius 1 is 1.18 bits per heavy atom. The number of carboxylic acids is 1. The number of aromatic hydroxyl groups is 1. The summed E-state index contributed by atoms with van der Waals surface area (Å²) in [5, 5.41) is 19.2. The van der Waals surface area contributed by atoms with E-state index in [1.54, 1.807) is 18.2 Å². The maximum absolute atomic E-state index is 13.4.